The Hall–Kier alpha value is -3.48. The maximum absolute atomic E-state index is 13.1. The van der Waals surface area contributed by atoms with Crippen LogP contribution in [0.15, 0.2) is 53.5 Å². The predicted octanol–water partition coefficient (Wildman–Crippen LogP) is 2.28. The molecule has 7 nitrogen and oxygen atoms in total. The second kappa shape index (κ2) is 6.30. The number of pyridine rings is 1. The number of urea groups is 1. The number of nitrogens with one attached hydrogen (secondary N) is 1. The van der Waals surface area contributed by atoms with E-state index in [0.29, 0.717) is 16.9 Å². The zero-order valence-corrected chi connectivity index (χ0v) is 15.9. The lowest BCUT2D eigenvalue weighted by Crippen LogP contribution is -2.40. The van der Waals surface area contributed by atoms with Crippen molar-refractivity contribution in [2.75, 3.05) is 0 Å². The normalized spacial score (nSPS) is 19.3. The SMILES string of the molecule is Cc1ccc(C2(C)NC(=O)N(Cc3cc(=O)n4cc(C)ccc4n3)C2=O)cc1. The second-order valence-corrected chi connectivity index (χ2v) is 7.33. The molecule has 1 aliphatic rings. The van der Waals surface area contributed by atoms with Crippen LogP contribution in [0.2, 0.25) is 0 Å². The van der Waals surface area contributed by atoms with E-state index in [1.165, 1.54) is 10.5 Å². The van der Waals surface area contributed by atoms with E-state index in [2.05, 4.69) is 10.3 Å². The zero-order valence-electron chi connectivity index (χ0n) is 15.9. The number of fused-ring (bicyclic) bond motifs is 1. The van der Waals surface area contributed by atoms with Crippen LogP contribution >= 0.6 is 0 Å². The molecule has 3 heterocycles. The van der Waals surface area contributed by atoms with Gasteiger partial charge in [0.25, 0.3) is 11.5 Å². The van der Waals surface area contributed by atoms with E-state index in [4.69, 9.17) is 0 Å². The number of carbonyl (C=O) groups excluding carboxylic acids is 2. The van der Waals surface area contributed by atoms with Crippen LogP contribution in [0.3, 0.4) is 0 Å². The fraction of sp³-hybridized carbons (Fsp3) is 0.238. The van der Waals surface area contributed by atoms with E-state index in [1.54, 1.807) is 19.2 Å². The Balaban J connectivity index is 1.67. The minimum Gasteiger partial charge on any atom is -0.319 e. The molecule has 7 heteroatoms. The van der Waals surface area contributed by atoms with Gasteiger partial charge in [-0.3, -0.25) is 18.9 Å². The maximum atomic E-state index is 13.1. The van der Waals surface area contributed by atoms with Crippen molar-refractivity contribution >= 4 is 17.6 Å². The molecule has 1 aliphatic heterocycles. The Morgan fingerprint density at radius 3 is 2.39 bits per heavy atom. The summed E-state index contributed by atoms with van der Waals surface area (Å²) in [6, 6.07) is 11.9. The second-order valence-electron chi connectivity index (χ2n) is 7.33. The van der Waals surface area contributed by atoms with Crippen molar-refractivity contribution in [3.05, 3.63) is 81.4 Å². The molecular formula is C21H20N4O3. The molecule has 1 fully saturated rings. The molecule has 28 heavy (non-hydrogen) atoms. The van der Waals surface area contributed by atoms with Crippen LogP contribution in [0.5, 0.6) is 0 Å². The molecule has 4 rings (SSSR count). The smallest absolute Gasteiger partial charge is 0.319 e. The summed E-state index contributed by atoms with van der Waals surface area (Å²) in [6.07, 6.45) is 1.70. The molecule has 1 unspecified atom stereocenters. The van der Waals surface area contributed by atoms with E-state index >= 15 is 0 Å². The van der Waals surface area contributed by atoms with Crippen molar-refractivity contribution in [1.82, 2.24) is 19.6 Å². The van der Waals surface area contributed by atoms with Gasteiger partial charge in [0, 0.05) is 12.3 Å². The van der Waals surface area contributed by atoms with Crippen LogP contribution in [0.25, 0.3) is 5.65 Å². The van der Waals surface area contributed by atoms with Crippen molar-refractivity contribution in [2.24, 2.45) is 0 Å². The van der Waals surface area contributed by atoms with Gasteiger partial charge in [0.1, 0.15) is 11.2 Å². The lowest BCUT2D eigenvalue weighted by molar-refractivity contribution is -0.131. The van der Waals surface area contributed by atoms with Gasteiger partial charge < -0.3 is 5.32 Å². The minimum absolute atomic E-state index is 0.0638. The lowest BCUT2D eigenvalue weighted by atomic mass is 9.91. The summed E-state index contributed by atoms with van der Waals surface area (Å²) in [4.78, 5) is 43.5. The number of amides is 3. The molecule has 3 aromatic rings. The van der Waals surface area contributed by atoms with Crippen molar-refractivity contribution in [2.45, 2.75) is 32.9 Å². The number of rotatable bonds is 3. The van der Waals surface area contributed by atoms with E-state index in [-0.39, 0.29) is 18.0 Å². The number of carbonyl (C=O) groups is 2. The van der Waals surface area contributed by atoms with Crippen molar-refractivity contribution in [3.63, 3.8) is 0 Å². The molecular weight excluding hydrogens is 356 g/mol. The highest BCUT2D eigenvalue weighted by molar-refractivity contribution is 6.07. The molecule has 0 spiro atoms. The Morgan fingerprint density at radius 2 is 1.68 bits per heavy atom. The number of hydrogen-bond donors (Lipinski definition) is 1. The van der Waals surface area contributed by atoms with Gasteiger partial charge in [-0.2, -0.15) is 0 Å². The van der Waals surface area contributed by atoms with Crippen LogP contribution in [0.1, 0.15) is 29.3 Å². The molecule has 0 bridgehead atoms. The molecule has 3 amide bonds. The molecule has 0 aliphatic carbocycles. The highest BCUT2D eigenvalue weighted by atomic mass is 16.2. The molecule has 2 aromatic heterocycles. The van der Waals surface area contributed by atoms with Gasteiger partial charge in [0.2, 0.25) is 0 Å². The van der Waals surface area contributed by atoms with Gasteiger partial charge in [-0.1, -0.05) is 35.9 Å². The Labute approximate surface area is 161 Å². The average molecular weight is 376 g/mol. The molecule has 1 aromatic carbocycles. The monoisotopic (exact) mass is 376 g/mol. The maximum Gasteiger partial charge on any atom is 0.325 e. The Bertz CT molecular complexity index is 1170. The number of benzene rings is 1. The van der Waals surface area contributed by atoms with Gasteiger partial charge in [0.05, 0.1) is 12.2 Å². The van der Waals surface area contributed by atoms with E-state index in [1.807, 2.05) is 44.2 Å². The fourth-order valence-corrected chi connectivity index (χ4v) is 3.42. The van der Waals surface area contributed by atoms with E-state index < -0.39 is 11.6 Å². The predicted molar refractivity (Wildman–Crippen MR) is 104 cm³/mol. The fourth-order valence-electron chi connectivity index (χ4n) is 3.42. The summed E-state index contributed by atoms with van der Waals surface area (Å²) >= 11 is 0. The topological polar surface area (TPSA) is 83.8 Å². The molecule has 1 atom stereocenters. The van der Waals surface area contributed by atoms with E-state index in [0.717, 1.165) is 16.0 Å². The van der Waals surface area contributed by atoms with Crippen LogP contribution in [0.4, 0.5) is 4.79 Å². The third-order valence-corrected chi connectivity index (χ3v) is 5.08. The van der Waals surface area contributed by atoms with Crippen LogP contribution in [-0.2, 0) is 16.9 Å². The van der Waals surface area contributed by atoms with Gasteiger partial charge in [-0.15, -0.1) is 0 Å². The highest BCUT2D eigenvalue weighted by Crippen LogP contribution is 2.29. The third kappa shape index (κ3) is 2.85. The number of imide groups is 1. The minimum atomic E-state index is -1.15. The van der Waals surface area contributed by atoms with Gasteiger partial charge in [-0.05, 0) is 38.0 Å². The first-order chi connectivity index (χ1) is 13.3. The summed E-state index contributed by atoms with van der Waals surface area (Å²) in [5.41, 5.74) is 2.16. The largest absolute Gasteiger partial charge is 0.325 e. The molecule has 142 valence electrons. The van der Waals surface area contributed by atoms with Crippen molar-refractivity contribution < 1.29 is 9.59 Å². The number of aryl methyl sites for hydroxylation is 2. The zero-order chi connectivity index (χ0) is 20.1. The van der Waals surface area contributed by atoms with Crippen LogP contribution in [0, 0.1) is 13.8 Å². The number of aromatic nitrogens is 2. The quantitative estimate of drug-likeness (QED) is 0.711. The number of nitrogens with zero attached hydrogens (tertiary/aromatic N) is 3. The summed E-state index contributed by atoms with van der Waals surface area (Å²) in [7, 11) is 0. The summed E-state index contributed by atoms with van der Waals surface area (Å²) in [5, 5.41) is 2.77. The molecule has 0 saturated carbocycles. The first kappa shape index (κ1) is 17.9. The first-order valence-corrected chi connectivity index (χ1v) is 8.98. The number of hydrogen-bond acceptors (Lipinski definition) is 4. The Morgan fingerprint density at radius 1 is 1.00 bits per heavy atom. The molecule has 0 radical (unpaired) electrons. The first-order valence-electron chi connectivity index (χ1n) is 8.98. The van der Waals surface area contributed by atoms with Gasteiger partial charge in [0.15, 0.2) is 0 Å². The molecule has 1 saturated heterocycles. The summed E-state index contributed by atoms with van der Waals surface area (Å²) < 4.78 is 1.45. The van der Waals surface area contributed by atoms with E-state index in [9.17, 15) is 14.4 Å². The molecule has 1 N–H and O–H groups in total. The summed E-state index contributed by atoms with van der Waals surface area (Å²) in [6.45, 7) is 5.47. The van der Waals surface area contributed by atoms with Crippen LogP contribution in [-0.4, -0.2) is 26.2 Å². The summed E-state index contributed by atoms with van der Waals surface area (Å²) in [5.74, 6) is -0.368. The van der Waals surface area contributed by atoms with Crippen molar-refractivity contribution in [1.29, 1.82) is 0 Å². The van der Waals surface area contributed by atoms with Gasteiger partial charge >= 0.3 is 6.03 Å². The van der Waals surface area contributed by atoms with Crippen LogP contribution < -0.4 is 10.9 Å². The lowest BCUT2D eigenvalue weighted by Gasteiger charge is -2.22. The van der Waals surface area contributed by atoms with Crippen molar-refractivity contribution in [3.8, 4) is 0 Å². The average Bonchev–Trinajstić information content (AvgIpc) is 2.87. The Kier molecular flexibility index (Phi) is 4.03. The third-order valence-electron chi connectivity index (χ3n) is 5.08. The van der Waals surface area contributed by atoms with Gasteiger partial charge in [-0.25, -0.2) is 9.78 Å². The highest BCUT2D eigenvalue weighted by Gasteiger charge is 2.49. The standard InChI is InChI=1S/C21H20N4O3/c1-13-4-7-15(8-5-13)21(3)19(27)25(20(28)23-21)12-16-10-18(26)24-11-14(2)6-9-17(24)22-16/h4-11H,12H2,1-3H3,(H,23,28).